The summed E-state index contributed by atoms with van der Waals surface area (Å²) in [6.07, 6.45) is 3.51. The number of rotatable bonds is 3. The van der Waals surface area contributed by atoms with Crippen LogP contribution < -0.4 is 5.32 Å². The SMILES string of the molecule is CC(C)(C)C(=O)NCC1(c2ccc(Cl)cc2)CCC1. The number of amides is 1. The Kier molecular flexibility index (Phi) is 3.91. The third kappa shape index (κ3) is 3.11. The van der Waals surface area contributed by atoms with Gasteiger partial charge in [0.25, 0.3) is 0 Å². The number of hydrogen-bond acceptors (Lipinski definition) is 1. The van der Waals surface area contributed by atoms with Crippen LogP contribution in [0.5, 0.6) is 0 Å². The fourth-order valence-corrected chi connectivity index (χ4v) is 2.62. The average molecular weight is 280 g/mol. The molecule has 104 valence electrons. The van der Waals surface area contributed by atoms with Crippen molar-refractivity contribution in [1.29, 1.82) is 0 Å². The van der Waals surface area contributed by atoms with Gasteiger partial charge in [0.1, 0.15) is 0 Å². The number of hydrogen-bond donors (Lipinski definition) is 1. The number of nitrogens with one attached hydrogen (secondary N) is 1. The number of halogens is 1. The minimum atomic E-state index is -0.328. The molecule has 1 aliphatic carbocycles. The Morgan fingerprint density at radius 1 is 1.26 bits per heavy atom. The van der Waals surface area contributed by atoms with Crippen LogP contribution >= 0.6 is 11.6 Å². The molecule has 19 heavy (non-hydrogen) atoms. The second-order valence-corrected chi connectivity index (χ2v) is 7.01. The summed E-state index contributed by atoms with van der Waals surface area (Å²) in [7, 11) is 0. The Labute approximate surface area is 120 Å². The zero-order chi connectivity index (χ0) is 14.1. The summed E-state index contributed by atoms with van der Waals surface area (Å²) in [5, 5.41) is 3.87. The maximum Gasteiger partial charge on any atom is 0.225 e. The van der Waals surface area contributed by atoms with Crippen LogP contribution in [-0.4, -0.2) is 12.5 Å². The van der Waals surface area contributed by atoms with Gasteiger partial charge < -0.3 is 5.32 Å². The van der Waals surface area contributed by atoms with Gasteiger partial charge in [-0.15, -0.1) is 0 Å². The van der Waals surface area contributed by atoms with Crippen LogP contribution in [0.4, 0.5) is 0 Å². The van der Waals surface area contributed by atoms with E-state index in [1.165, 1.54) is 12.0 Å². The van der Waals surface area contributed by atoms with Gasteiger partial charge in [0.15, 0.2) is 0 Å². The predicted octanol–water partition coefficient (Wildman–Crippen LogP) is 3.92. The predicted molar refractivity (Wildman–Crippen MR) is 79.4 cm³/mol. The smallest absolute Gasteiger partial charge is 0.225 e. The third-order valence-electron chi connectivity index (χ3n) is 4.04. The molecule has 0 aromatic heterocycles. The molecular formula is C16H22ClNO. The van der Waals surface area contributed by atoms with Gasteiger partial charge in [-0.25, -0.2) is 0 Å². The fourth-order valence-electron chi connectivity index (χ4n) is 2.49. The quantitative estimate of drug-likeness (QED) is 0.893. The molecule has 0 spiro atoms. The van der Waals surface area contributed by atoms with Crippen molar-refractivity contribution in [2.45, 2.75) is 45.4 Å². The zero-order valence-electron chi connectivity index (χ0n) is 11.9. The van der Waals surface area contributed by atoms with Crippen LogP contribution in [0, 0.1) is 5.41 Å². The van der Waals surface area contributed by atoms with Crippen molar-refractivity contribution in [3.63, 3.8) is 0 Å². The van der Waals surface area contributed by atoms with Crippen LogP contribution in [0.15, 0.2) is 24.3 Å². The molecule has 0 unspecified atom stereocenters. The van der Waals surface area contributed by atoms with Crippen LogP contribution in [0.2, 0.25) is 5.02 Å². The monoisotopic (exact) mass is 279 g/mol. The van der Waals surface area contributed by atoms with E-state index in [-0.39, 0.29) is 16.7 Å². The minimum Gasteiger partial charge on any atom is -0.355 e. The standard InChI is InChI=1S/C16H22ClNO/c1-15(2,3)14(19)18-11-16(9-4-10-16)12-5-7-13(17)8-6-12/h5-8H,4,9-11H2,1-3H3,(H,18,19). The van der Waals surface area contributed by atoms with Crippen LogP contribution in [0.1, 0.15) is 45.6 Å². The van der Waals surface area contributed by atoms with E-state index in [1.54, 1.807) is 0 Å². The molecule has 1 aromatic rings. The highest BCUT2D eigenvalue weighted by Crippen LogP contribution is 2.43. The van der Waals surface area contributed by atoms with E-state index in [0.717, 1.165) is 24.4 Å². The molecule has 2 rings (SSSR count). The maximum atomic E-state index is 12.0. The first-order chi connectivity index (χ1) is 8.83. The first-order valence-corrected chi connectivity index (χ1v) is 7.26. The summed E-state index contributed by atoms with van der Waals surface area (Å²) >= 11 is 5.94. The molecule has 3 heteroatoms. The lowest BCUT2D eigenvalue weighted by Gasteiger charge is -2.43. The molecule has 0 heterocycles. The van der Waals surface area contributed by atoms with Crippen LogP contribution in [-0.2, 0) is 10.2 Å². The zero-order valence-corrected chi connectivity index (χ0v) is 12.7. The second-order valence-electron chi connectivity index (χ2n) is 6.57. The van der Waals surface area contributed by atoms with E-state index in [9.17, 15) is 4.79 Å². The van der Waals surface area contributed by atoms with Gasteiger partial charge in [0.05, 0.1) is 0 Å². The molecule has 1 fully saturated rings. The van der Waals surface area contributed by atoms with Crippen molar-refractivity contribution in [3.05, 3.63) is 34.9 Å². The maximum absolute atomic E-state index is 12.0. The lowest BCUT2D eigenvalue weighted by molar-refractivity contribution is -0.129. The molecule has 1 saturated carbocycles. The van der Waals surface area contributed by atoms with E-state index in [0.29, 0.717) is 0 Å². The number of carbonyl (C=O) groups excluding carboxylic acids is 1. The molecule has 0 atom stereocenters. The normalized spacial score (nSPS) is 17.7. The van der Waals surface area contributed by atoms with Crippen molar-refractivity contribution in [1.82, 2.24) is 5.32 Å². The van der Waals surface area contributed by atoms with Crippen molar-refractivity contribution in [2.24, 2.45) is 5.41 Å². The molecule has 0 saturated heterocycles. The summed E-state index contributed by atoms with van der Waals surface area (Å²) in [5.74, 6) is 0.118. The van der Waals surface area contributed by atoms with Gasteiger partial charge in [-0.05, 0) is 30.5 Å². The van der Waals surface area contributed by atoms with E-state index >= 15 is 0 Å². The molecule has 1 N–H and O–H groups in total. The van der Waals surface area contributed by atoms with Crippen molar-refractivity contribution >= 4 is 17.5 Å². The molecule has 1 aliphatic rings. The second kappa shape index (κ2) is 5.16. The van der Waals surface area contributed by atoms with Gasteiger partial charge in [-0.2, -0.15) is 0 Å². The molecule has 2 nitrogen and oxygen atoms in total. The molecule has 0 radical (unpaired) electrons. The topological polar surface area (TPSA) is 29.1 Å². The molecule has 0 aliphatic heterocycles. The molecule has 1 amide bonds. The molecule has 0 bridgehead atoms. The highest BCUT2D eigenvalue weighted by atomic mass is 35.5. The Morgan fingerprint density at radius 3 is 2.26 bits per heavy atom. The Balaban J connectivity index is 2.07. The van der Waals surface area contributed by atoms with Gasteiger partial charge in [0.2, 0.25) is 5.91 Å². The highest BCUT2D eigenvalue weighted by molar-refractivity contribution is 6.30. The summed E-state index contributed by atoms with van der Waals surface area (Å²) in [6.45, 7) is 6.55. The van der Waals surface area contributed by atoms with Gasteiger partial charge in [-0.1, -0.05) is 50.9 Å². The van der Waals surface area contributed by atoms with E-state index in [1.807, 2.05) is 32.9 Å². The van der Waals surface area contributed by atoms with E-state index < -0.39 is 0 Å². The summed E-state index contributed by atoms with van der Waals surface area (Å²) < 4.78 is 0. The molecular weight excluding hydrogens is 258 g/mol. The Bertz CT molecular complexity index is 455. The number of carbonyl (C=O) groups is 1. The number of benzene rings is 1. The summed E-state index contributed by atoms with van der Waals surface area (Å²) in [6, 6.07) is 8.04. The van der Waals surface area contributed by atoms with Crippen molar-refractivity contribution in [2.75, 3.05) is 6.54 Å². The lowest BCUT2D eigenvalue weighted by atomic mass is 9.64. The van der Waals surface area contributed by atoms with Gasteiger partial charge >= 0.3 is 0 Å². The fraction of sp³-hybridized carbons (Fsp3) is 0.562. The highest BCUT2D eigenvalue weighted by Gasteiger charge is 2.39. The lowest BCUT2D eigenvalue weighted by Crippen LogP contribution is -2.48. The first kappa shape index (κ1) is 14.4. The molecule has 1 aromatic carbocycles. The minimum absolute atomic E-state index is 0.117. The van der Waals surface area contributed by atoms with E-state index in [4.69, 9.17) is 11.6 Å². The van der Waals surface area contributed by atoms with Crippen molar-refractivity contribution in [3.8, 4) is 0 Å². The summed E-state index contributed by atoms with van der Waals surface area (Å²) in [5.41, 5.74) is 1.08. The largest absolute Gasteiger partial charge is 0.355 e. The van der Waals surface area contributed by atoms with E-state index in [2.05, 4.69) is 17.4 Å². The first-order valence-electron chi connectivity index (χ1n) is 6.88. The van der Waals surface area contributed by atoms with Gasteiger partial charge in [0, 0.05) is 22.4 Å². The Morgan fingerprint density at radius 2 is 1.84 bits per heavy atom. The van der Waals surface area contributed by atoms with Crippen molar-refractivity contribution < 1.29 is 4.79 Å². The van der Waals surface area contributed by atoms with Crippen LogP contribution in [0.3, 0.4) is 0 Å². The third-order valence-corrected chi connectivity index (χ3v) is 4.29. The summed E-state index contributed by atoms with van der Waals surface area (Å²) in [4.78, 5) is 12.0. The van der Waals surface area contributed by atoms with Crippen LogP contribution in [0.25, 0.3) is 0 Å². The average Bonchev–Trinajstić information content (AvgIpc) is 2.28. The Hall–Kier alpha value is -1.02. The van der Waals surface area contributed by atoms with Gasteiger partial charge in [-0.3, -0.25) is 4.79 Å².